The molecule has 0 saturated heterocycles. The number of nitrogens with zero attached hydrogens (tertiary/aromatic N) is 2. The average Bonchev–Trinajstić information content (AvgIpc) is 3.35. The van der Waals surface area contributed by atoms with Crippen molar-refractivity contribution < 1.29 is 14.2 Å². The number of guanidine groups is 1. The number of hydrogen-bond acceptors (Lipinski definition) is 4. The Kier molecular flexibility index (Phi) is 7.05. The van der Waals surface area contributed by atoms with Crippen LogP contribution >= 0.6 is 24.0 Å². The molecule has 1 aliphatic carbocycles. The summed E-state index contributed by atoms with van der Waals surface area (Å²) < 4.78 is 16.0. The zero-order valence-corrected chi connectivity index (χ0v) is 15.8. The topological polar surface area (TPSA) is 69.3 Å². The fourth-order valence-corrected chi connectivity index (χ4v) is 2.15. The van der Waals surface area contributed by atoms with Crippen LogP contribution in [0.2, 0.25) is 0 Å². The predicted molar refractivity (Wildman–Crippen MR) is 97.6 cm³/mol. The first-order valence-electron chi connectivity index (χ1n) is 6.92. The SMILES string of the molecule is COc1cc(OC)c(CN=C(N)N(C)C2CC2)c(OC)c1.I. The van der Waals surface area contributed by atoms with E-state index in [1.54, 1.807) is 21.3 Å². The molecule has 124 valence electrons. The van der Waals surface area contributed by atoms with Gasteiger partial charge in [0.25, 0.3) is 0 Å². The van der Waals surface area contributed by atoms with Gasteiger partial charge in [0.1, 0.15) is 17.2 Å². The molecule has 0 aliphatic heterocycles. The molecule has 1 aromatic rings. The first kappa shape index (κ1) is 18.7. The molecule has 2 N–H and O–H groups in total. The molecule has 6 nitrogen and oxygen atoms in total. The van der Waals surface area contributed by atoms with Crippen LogP contribution < -0.4 is 19.9 Å². The molecule has 2 rings (SSSR count). The van der Waals surface area contributed by atoms with Gasteiger partial charge in [-0.15, -0.1) is 24.0 Å². The van der Waals surface area contributed by atoms with Crippen molar-refractivity contribution >= 4 is 29.9 Å². The number of aliphatic imine (C=N–C) groups is 1. The molecule has 0 atom stereocenters. The van der Waals surface area contributed by atoms with Gasteiger partial charge >= 0.3 is 0 Å². The molecule has 1 aromatic carbocycles. The van der Waals surface area contributed by atoms with Gasteiger partial charge in [-0.2, -0.15) is 0 Å². The Morgan fingerprint density at radius 3 is 2.14 bits per heavy atom. The van der Waals surface area contributed by atoms with E-state index in [9.17, 15) is 0 Å². The van der Waals surface area contributed by atoms with Gasteiger partial charge in [-0.1, -0.05) is 0 Å². The van der Waals surface area contributed by atoms with Gasteiger partial charge in [-0.05, 0) is 12.8 Å². The zero-order valence-electron chi connectivity index (χ0n) is 13.5. The summed E-state index contributed by atoms with van der Waals surface area (Å²) in [4.78, 5) is 6.46. The highest BCUT2D eigenvalue weighted by molar-refractivity contribution is 14.0. The molecule has 0 spiro atoms. The van der Waals surface area contributed by atoms with Crippen molar-refractivity contribution in [3.8, 4) is 17.2 Å². The lowest BCUT2D eigenvalue weighted by Gasteiger charge is -2.18. The minimum absolute atomic E-state index is 0. The molecule has 0 amide bonds. The molecule has 0 heterocycles. The van der Waals surface area contributed by atoms with Crippen LogP contribution in [0, 0.1) is 0 Å². The van der Waals surface area contributed by atoms with Crippen LogP contribution in [0.5, 0.6) is 17.2 Å². The second kappa shape index (κ2) is 8.30. The normalized spacial score (nSPS) is 14.1. The van der Waals surface area contributed by atoms with Gasteiger partial charge in [0.15, 0.2) is 5.96 Å². The minimum atomic E-state index is 0. The van der Waals surface area contributed by atoms with Crippen LogP contribution in [0.1, 0.15) is 18.4 Å². The molecule has 22 heavy (non-hydrogen) atoms. The highest BCUT2D eigenvalue weighted by atomic mass is 127. The Morgan fingerprint density at radius 1 is 1.18 bits per heavy atom. The number of ether oxygens (including phenoxy) is 3. The molecule has 7 heteroatoms. The van der Waals surface area contributed by atoms with E-state index < -0.39 is 0 Å². The smallest absolute Gasteiger partial charge is 0.191 e. The first-order valence-corrected chi connectivity index (χ1v) is 6.92. The summed E-state index contributed by atoms with van der Waals surface area (Å²) in [6, 6.07) is 4.16. The minimum Gasteiger partial charge on any atom is -0.496 e. The standard InChI is InChI=1S/C15H23N3O3.HI/c1-18(10-5-6-10)15(16)17-9-12-13(20-3)7-11(19-2)8-14(12)21-4;/h7-8,10H,5-6,9H2,1-4H3,(H2,16,17);1H. The Bertz CT molecular complexity index is 508. The Balaban J connectivity index is 0.00000242. The van der Waals surface area contributed by atoms with Crippen molar-refractivity contribution in [3.05, 3.63) is 17.7 Å². The maximum absolute atomic E-state index is 6.01. The van der Waals surface area contributed by atoms with Crippen LogP contribution in [0.25, 0.3) is 0 Å². The van der Waals surface area contributed by atoms with Gasteiger partial charge in [0.05, 0.1) is 33.4 Å². The summed E-state index contributed by atoms with van der Waals surface area (Å²) in [7, 11) is 6.80. The number of hydrogen-bond donors (Lipinski definition) is 1. The first-order chi connectivity index (χ1) is 10.1. The van der Waals surface area contributed by atoms with Crippen LogP contribution in [0.15, 0.2) is 17.1 Å². The van der Waals surface area contributed by atoms with Crippen molar-refractivity contribution in [2.45, 2.75) is 25.4 Å². The fraction of sp³-hybridized carbons (Fsp3) is 0.533. The summed E-state index contributed by atoms with van der Waals surface area (Å²) in [5, 5.41) is 0. The van der Waals surface area contributed by atoms with E-state index in [4.69, 9.17) is 19.9 Å². The molecular formula is C15H24IN3O3. The highest BCUT2D eigenvalue weighted by Crippen LogP contribution is 2.34. The summed E-state index contributed by atoms with van der Waals surface area (Å²) in [6.45, 7) is 0.402. The van der Waals surface area contributed by atoms with Crippen LogP contribution in [-0.4, -0.2) is 45.3 Å². The molecule has 0 bridgehead atoms. The van der Waals surface area contributed by atoms with E-state index in [-0.39, 0.29) is 24.0 Å². The second-order valence-electron chi connectivity index (χ2n) is 5.03. The summed E-state index contributed by atoms with van der Waals surface area (Å²) in [5.74, 6) is 2.57. The molecule has 1 fully saturated rings. The molecule has 0 unspecified atom stereocenters. The maximum atomic E-state index is 6.01. The number of rotatable bonds is 6. The lowest BCUT2D eigenvalue weighted by atomic mass is 10.1. The van der Waals surface area contributed by atoms with Crippen molar-refractivity contribution in [1.82, 2.24) is 4.90 Å². The van der Waals surface area contributed by atoms with Crippen LogP contribution in [0.4, 0.5) is 0 Å². The van der Waals surface area contributed by atoms with E-state index in [0.717, 1.165) is 5.56 Å². The zero-order chi connectivity index (χ0) is 15.4. The van der Waals surface area contributed by atoms with Crippen LogP contribution in [0.3, 0.4) is 0 Å². The Morgan fingerprint density at radius 2 is 1.73 bits per heavy atom. The number of methoxy groups -OCH3 is 3. The van der Waals surface area contributed by atoms with E-state index in [1.165, 1.54) is 12.8 Å². The predicted octanol–water partition coefficient (Wildman–Crippen LogP) is 2.24. The van der Waals surface area contributed by atoms with Gasteiger partial charge in [0, 0.05) is 25.2 Å². The van der Waals surface area contributed by atoms with E-state index in [0.29, 0.717) is 35.8 Å². The summed E-state index contributed by atoms with van der Waals surface area (Å²) in [6.07, 6.45) is 2.36. The van der Waals surface area contributed by atoms with E-state index in [1.807, 2.05) is 24.1 Å². The van der Waals surface area contributed by atoms with Crippen molar-refractivity contribution in [3.63, 3.8) is 0 Å². The Labute approximate surface area is 148 Å². The number of nitrogens with two attached hydrogens (primary N) is 1. The van der Waals surface area contributed by atoms with Gasteiger partial charge in [-0.25, -0.2) is 4.99 Å². The molecular weight excluding hydrogens is 397 g/mol. The third kappa shape index (κ3) is 4.31. The lowest BCUT2D eigenvalue weighted by molar-refractivity contribution is 0.369. The third-order valence-corrected chi connectivity index (χ3v) is 3.67. The highest BCUT2D eigenvalue weighted by Gasteiger charge is 2.27. The van der Waals surface area contributed by atoms with Crippen molar-refractivity contribution in [1.29, 1.82) is 0 Å². The largest absolute Gasteiger partial charge is 0.496 e. The Hall–Kier alpha value is -1.38. The quantitative estimate of drug-likeness (QED) is 0.434. The lowest BCUT2D eigenvalue weighted by Crippen LogP contribution is -2.35. The summed E-state index contributed by atoms with van der Waals surface area (Å²) >= 11 is 0. The monoisotopic (exact) mass is 421 g/mol. The average molecular weight is 421 g/mol. The molecule has 0 radical (unpaired) electrons. The molecule has 1 aliphatic rings. The fourth-order valence-electron chi connectivity index (χ4n) is 2.15. The number of halogens is 1. The van der Waals surface area contributed by atoms with Crippen molar-refractivity contribution in [2.24, 2.45) is 10.7 Å². The molecule has 0 aromatic heterocycles. The van der Waals surface area contributed by atoms with Crippen LogP contribution in [-0.2, 0) is 6.54 Å². The maximum Gasteiger partial charge on any atom is 0.191 e. The second-order valence-corrected chi connectivity index (χ2v) is 5.03. The third-order valence-electron chi connectivity index (χ3n) is 3.67. The van der Waals surface area contributed by atoms with Gasteiger partial charge in [0.2, 0.25) is 0 Å². The van der Waals surface area contributed by atoms with Gasteiger partial charge < -0.3 is 24.8 Å². The van der Waals surface area contributed by atoms with E-state index >= 15 is 0 Å². The molecule has 1 saturated carbocycles. The van der Waals surface area contributed by atoms with Crippen molar-refractivity contribution in [2.75, 3.05) is 28.4 Å². The van der Waals surface area contributed by atoms with Gasteiger partial charge in [-0.3, -0.25) is 0 Å². The summed E-state index contributed by atoms with van der Waals surface area (Å²) in [5.41, 5.74) is 6.87. The number of benzene rings is 1. The van der Waals surface area contributed by atoms with E-state index in [2.05, 4.69) is 4.99 Å².